The van der Waals surface area contributed by atoms with Crippen molar-refractivity contribution in [2.45, 2.75) is 26.9 Å². The molecule has 0 saturated heterocycles. The van der Waals surface area contributed by atoms with Gasteiger partial charge in [-0.15, -0.1) is 5.92 Å². The Balaban J connectivity index is 2.84. The van der Waals surface area contributed by atoms with Crippen molar-refractivity contribution in [3.05, 3.63) is 17.5 Å². The molecular weight excluding hydrogens is 150 g/mol. The zero-order valence-electron chi connectivity index (χ0n) is 7.46. The van der Waals surface area contributed by atoms with Gasteiger partial charge in [0.25, 0.3) is 0 Å². The monoisotopic (exact) mass is 163 g/mol. The van der Waals surface area contributed by atoms with Gasteiger partial charge in [-0.25, -0.2) is 0 Å². The molecule has 0 radical (unpaired) electrons. The van der Waals surface area contributed by atoms with E-state index < -0.39 is 0 Å². The summed E-state index contributed by atoms with van der Waals surface area (Å²) in [6.45, 7) is 5.03. The van der Waals surface area contributed by atoms with Crippen LogP contribution in [0.5, 0.6) is 0 Å². The molecule has 1 rings (SSSR count). The van der Waals surface area contributed by atoms with E-state index in [2.05, 4.69) is 16.9 Å². The van der Waals surface area contributed by atoms with Crippen molar-refractivity contribution in [2.24, 2.45) is 5.73 Å². The van der Waals surface area contributed by atoms with Gasteiger partial charge >= 0.3 is 0 Å². The van der Waals surface area contributed by atoms with Gasteiger partial charge < -0.3 is 5.73 Å². The molecule has 0 aliphatic rings. The van der Waals surface area contributed by atoms with Crippen LogP contribution in [0.15, 0.2) is 6.20 Å². The molecule has 2 N–H and O–H groups in total. The van der Waals surface area contributed by atoms with Crippen molar-refractivity contribution < 1.29 is 0 Å². The van der Waals surface area contributed by atoms with Gasteiger partial charge in [-0.05, 0) is 13.8 Å². The van der Waals surface area contributed by atoms with Gasteiger partial charge in [0.1, 0.15) is 6.54 Å². The number of hydrogen-bond donors (Lipinski definition) is 1. The minimum atomic E-state index is 0.547. The summed E-state index contributed by atoms with van der Waals surface area (Å²) in [5.41, 5.74) is 7.71. The van der Waals surface area contributed by atoms with Gasteiger partial charge in [0.05, 0.1) is 6.20 Å². The Bertz CT molecular complexity index is 314. The summed E-state index contributed by atoms with van der Waals surface area (Å²) in [6.07, 6.45) is 1.80. The highest BCUT2D eigenvalue weighted by atomic mass is 15.3. The summed E-state index contributed by atoms with van der Waals surface area (Å²) in [5, 5.41) is 4.16. The van der Waals surface area contributed by atoms with Crippen LogP contribution in [0.25, 0.3) is 0 Å². The van der Waals surface area contributed by atoms with E-state index in [0.29, 0.717) is 13.1 Å². The van der Waals surface area contributed by atoms with E-state index in [9.17, 15) is 0 Å². The van der Waals surface area contributed by atoms with Crippen molar-refractivity contribution in [2.75, 3.05) is 0 Å². The fraction of sp³-hybridized carbons (Fsp3) is 0.444. The SMILES string of the molecule is CC#CCn1ncc(CN)c1C. The summed E-state index contributed by atoms with van der Waals surface area (Å²) in [6, 6.07) is 0. The third kappa shape index (κ3) is 1.66. The van der Waals surface area contributed by atoms with Crippen LogP contribution in [-0.2, 0) is 13.1 Å². The molecule has 3 nitrogen and oxygen atoms in total. The maximum absolute atomic E-state index is 5.50. The molecule has 0 spiro atoms. The molecule has 0 atom stereocenters. The Hall–Kier alpha value is -1.27. The standard InChI is InChI=1S/C9H13N3/c1-3-4-5-12-8(2)9(6-10)7-11-12/h7H,5-6,10H2,1-2H3. The zero-order chi connectivity index (χ0) is 8.97. The number of aromatic nitrogens is 2. The van der Waals surface area contributed by atoms with Crippen LogP contribution >= 0.6 is 0 Å². The van der Waals surface area contributed by atoms with Gasteiger partial charge in [0, 0.05) is 17.8 Å². The van der Waals surface area contributed by atoms with Crippen LogP contribution in [0, 0.1) is 18.8 Å². The van der Waals surface area contributed by atoms with E-state index in [-0.39, 0.29) is 0 Å². The van der Waals surface area contributed by atoms with Crippen LogP contribution in [-0.4, -0.2) is 9.78 Å². The molecule has 0 aromatic carbocycles. The molecule has 1 aromatic heterocycles. The molecule has 1 aromatic rings. The predicted molar refractivity (Wildman–Crippen MR) is 48.3 cm³/mol. The number of nitrogens with two attached hydrogens (primary N) is 1. The van der Waals surface area contributed by atoms with E-state index in [4.69, 9.17) is 5.73 Å². The number of nitrogens with zero attached hydrogens (tertiary/aromatic N) is 2. The normalized spacial score (nSPS) is 9.25. The van der Waals surface area contributed by atoms with Crippen molar-refractivity contribution in [3.63, 3.8) is 0 Å². The second kappa shape index (κ2) is 3.93. The lowest BCUT2D eigenvalue weighted by Crippen LogP contribution is -2.02. The van der Waals surface area contributed by atoms with E-state index in [1.54, 1.807) is 6.20 Å². The second-order valence-corrected chi connectivity index (χ2v) is 2.54. The minimum Gasteiger partial charge on any atom is -0.326 e. The first kappa shape index (κ1) is 8.82. The summed E-state index contributed by atoms with van der Waals surface area (Å²) in [4.78, 5) is 0. The van der Waals surface area contributed by atoms with E-state index >= 15 is 0 Å². The van der Waals surface area contributed by atoms with Gasteiger partial charge in [0.15, 0.2) is 0 Å². The molecule has 3 heteroatoms. The van der Waals surface area contributed by atoms with Gasteiger partial charge in [-0.1, -0.05) is 5.92 Å². The summed E-state index contributed by atoms with van der Waals surface area (Å²) in [5.74, 6) is 5.78. The Labute approximate surface area is 72.6 Å². The topological polar surface area (TPSA) is 43.8 Å². The summed E-state index contributed by atoms with van der Waals surface area (Å²) < 4.78 is 1.86. The van der Waals surface area contributed by atoms with Crippen LogP contribution < -0.4 is 5.73 Å². The fourth-order valence-electron chi connectivity index (χ4n) is 0.999. The molecule has 64 valence electrons. The highest BCUT2D eigenvalue weighted by Gasteiger charge is 2.01. The van der Waals surface area contributed by atoms with Crippen LogP contribution in [0.1, 0.15) is 18.2 Å². The molecule has 0 fully saturated rings. The van der Waals surface area contributed by atoms with Crippen LogP contribution in [0.2, 0.25) is 0 Å². The van der Waals surface area contributed by atoms with E-state index in [1.165, 1.54) is 0 Å². The van der Waals surface area contributed by atoms with Gasteiger partial charge in [-0.3, -0.25) is 4.68 Å². The first-order valence-electron chi connectivity index (χ1n) is 3.90. The largest absolute Gasteiger partial charge is 0.326 e. The van der Waals surface area contributed by atoms with Crippen molar-refractivity contribution >= 4 is 0 Å². The first-order valence-corrected chi connectivity index (χ1v) is 3.90. The lowest BCUT2D eigenvalue weighted by molar-refractivity contribution is 0.689. The molecule has 0 amide bonds. The quantitative estimate of drug-likeness (QED) is 0.651. The maximum atomic E-state index is 5.50. The molecule has 0 bridgehead atoms. The lowest BCUT2D eigenvalue weighted by Gasteiger charge is -1.98. The first-order chi connectivity index (χ1) is 5.79. The molecule has 0 unspecified atom stereocenters. The summed E-state index contributed by atoms with van der Waals surface area (Å²) >= 11 is 0. The molecule has 0 aliphatic carbocycles. The summed E-state index contributed by atoms with van der Waals surface area (Å²) in [7, 11) is 0. The Morgan fingerprint density at radius 3 is 2.92 bits per heavy atom. The van der Waals surface area contributed by atoms with Crippen molar-refractivity contribution in [1.82, 2.24) is 9.78 Å². The van der Waals surface area contributed by atoms with Crippen LogP contribution in [0.4, 0.5) is 0 Å². The smallest absolute Gasteiger partial charge is 0.102 e. The number of hydrogen-bond acceptors (Lipinski definition) is 2. The highest BCUT2D eigenvalue weighted by Crippen LogP contribution is 2.04. The maximum Gasteiger partial charge on any atom is 0.102 e. The Morgan fingerprint density at radius 2 is 2.42 bits per heavy atom. The third-order valence-electron chi connectivity index (χ3n) is 1.83. The van der Waals surface area contributed by atoms with Gasteiger partial charge in [0.2, 0.25) is 0 Å². The second-order valence-electron chi connectivity index (χ2n) is 2.54. The van der Waals surface area contributed by atoms with E-state index in [0.717, 1.165) is 11.3 Å². The Kier molecular flexibility index (Phi) is 2.89. The minimum absolute atomic E-state index is 0.547. The fourth-order valence-corrected chi connectivity index (χ4v) is 0.999. The lowest BCUT2D eigenvalue weighted by atomic mass is 10.3. The molecular formula is C9H13N3. The van der Waals surface area contributed by atoms with Gasteiger partial charge in [-0.2, -0.15) is 5.10 Å². The molecule has 12 heavy (non-hydrogen) atoms. The average molecular weight is 163 g/mol. The molecule has 0 aliphatic heterocycles. The van der Waals surface area contributed by atoms with Crippen molar-refractivity contribution in [3.8, 4) is 11.8 Å². The highest BCUT2D eigenvalue weighted by molar-refractivity contribution is 5.16. The average Bonchev–Trinajstić information content (AvgIpc) is 2.43. The van der Waals surface area contributed by atoms with Crippen molar-refractivity contribution in [1.29, 1.82) is 0 Å². The zero-order valence-corrected chi connectivity index (χ0v) is 7.46. The van der Waals surface area contributed by atoms with E-state index in [1.807, 2.05) is 18.5 Å². The predicted octanol–water partition coefficient (Wildman–Crippen LogP) is 0.674. The third-order valence-corrected chi connectivity index (χ3v) is 1.83. The Morgan fingerprint density at radius 1 is 1.67 bits per heavy atom. The molecule has 0 saturated carbocycles. The molecule has 1 heterocycles. The van der Waals surface area contributed by atoms with Crippen LogP contribution in [0.3, 0.4) is 0 Å². The number of rotatable bonds is 2.